The molecule has 7 nitrogen and oxygen atoms in total. The molecule has 1 aliphatic heterocycles. The Balaban J connectivity index is 2.38. The summed E-state index contributed by atoms with van der Waals surface area (Å²) in [5, 5.41) is 11.0. The molecule has 0 radical (unpaired) electrons. The maximum Gasteiger partial charge on any atom is 0.360 e. The van der Waals surface area contributed by atoms with Gasteiger partial charge in [0.15, 0.2) is 5.69 Å². The Morgan fingerprint density at radius 2 is 2.30 bits per heavy atom. The first-order chi connectivity index (χ1) is 9.52. The number of esters is 2. The normalized spacial score (nSPS) is 21.1. The first-order valence-electron chi connectivity index (χ1n) is 5.79. The maximum atomic E-state index is 11.7. The lowest BCUT2D eigenvalue weighted by atomic mass is 10.0. The van der Waals surface area contributed by atoms with Crippen LogP contribution in [0.3, 0.4) is 0 Å². The lowest BCUT2D eigenvalue weighted by molar-refractivity contribution is -0.714. The van der Waals surface area contributed by atoms with Gasteiger partial charge in [-0.15, -0.1) is 5.73 Å². The Labute approximate surface area is 114 Å². The van der Waals surface area contributed by atoms with Gasteiger partial charge >= 0.3 is 11.9 Å². The van der Waals surface area contributed by atoms with Gasteiger partial charge < -0.3 is 14.6 Å². The Morgan fingerprint density at radius 3 is 2.90 bits per heavy atom. The lowest BCUT2D eigenvalue weighted by Gasteiger charge is -2.08. The van der Waals surface area contributed by atoms with Gasteiger partial charge in [0.05, 0.1) is 12.1 Å². The van der Waals surface area contributed by atoms with Crippen molar-refractivity contribution >= 4 is 11.9 Å². The number of hydrogen-bond acceptors (Lipinski definition) is 6. The Bertz CT molecular complexity index is 602. The average molecular weight is 276 g/mol. The summed E-state index contributed by atoms with van der Waals surface area (Å²) in [4.78, 5) is 27.4. The van der Waals surface area contributed by atoms with Gasteiger partial charge in [0.1, 0.15) is 5.92 Å². The highest BCUT2D eigenvalue weighted by atomic mass is 16.6. The molecule has 1 aromatic rings. The van der Waals surface area contributed by atoms with E-state index in [0.717, 1.165) is 5.69 Å². The summed E-state index contributed by atoms with van der Waals surface area (Å²) in [5.41, 5.74) is 3.03. The number of aromatic nitrogens is 2. The van der Waals surface area contributed by atoms with Crippen molar-refractivity contribution in [1.82, 2.24) is 4.98 Å². The number of hydrogen-bond donors (Lipinski definition) is 0. The summed E-state index contributed by atoms with van der Waals surface area (Å²) >= 11 is 0. The fraction of sp³-hybridized carbons (Fsp3) is 0.308. The van der Waals surface area contributed by atoms with E-state index < -0.39 is 29.8 Å². The lowest BCUT2D eigenvalue weighted by Crippen LogP contribution is -2.45. The van der Waals surface area contributed by atoms with Crippen molar-refractivity contribution < 1.29 is 28.7 Å². The van der Waals surface area contributed by atoms with Crippen LogP contribution in [0, 0.1) is 12.8 Å². The zero-order valence-electron chi connectivity index (χ0n) is 10.9. The standard InChI is InChI=1S/C13H12N2O5/c1-8-5-6-15(7-14-8)11-9(3-4-10(16)19-2)12(17)20-13(11)18/h3,5-7,9,11H,1-2H3. The van der Waals surface area contributed by atoms with Crippen LogP contribution in [0.15, 0.2) is 36.3 Å². The van der Waals surface area contributed by atoms with Crippen LogP contribution < -0.4 is 9.67 Å². The van der Waals surface area contributed by atoms with Gasteiger partial charge in [0, 0.05) is 13.0 Å². The number of carbonyl (C=O) groups is 2. The van der Waals surface area contributed by atoms with Crippen molar-refractivity contribution in [3.63, 3.8) is 0 Å². The molecule has 0 saturated carbocycles. The van der Waals surface area contributed by atoms with Gasteiger partial charge in [-0.25, -0.2) is 9.36 Å². The Morgan fingerprint density at radius 1 is 1.55 bits per heavy atom. The van der Waals surface area contributed by atoms with Crippen LogP contribution in [-0.4, -0.2) is 24.0 Å². The number of methoxy groups -OCH3 is 1. The maximum absolute atomic E-state index is 11.7. The van der Waals surface area contributed by atoms with Crippen LogP contribution >= 0.6 is 0 Å². The quantitative estimate of drug-likeness (QED) is 0.229. The van der Waals surface area contributed by atoms with Gasteiger partial charge in [-0.1, -0.05) is 4.98 Å². The molecule has 0 spiro atoms. The highest BCUT2D eigenvalue weighted by Crippen LogP contribution is 2.24. The molecule has 1 saturated heterocycles. The van der Waals surface area contributed by atoms with Crippen molar-refractivity contribution in [3.8, 4) is 0 Å². The van der Waals surface area contributed by atoms with Gasteiger partial charge in [-0.05, 0) is 13.2 Å². The van der Waals surface area contributed by atoms with Gasteiger partial charge in [0.2, 0.25) is 6.04 Å². The molecule has 7 heteroatoms. The van der Waals surface area contributed by atoms with Crippen molar-refractivity contribution in [2.24, 2.45) is 5.92 Å². The van der Waals surface area contributed by atoms with E-state index in [9.17, 15) is 14.7 Å². The van der Waals surface area contributed by atoms with Crippen LogP contribution in [0.2, 0.25) is 0 Å². The SMILES string of the molecule is COC([O-])=C=CC1C(=O)OC(=O)C1[n+]1ccc(C)nc1. The average Bonchev–Trinajstić information content (AvgIpc) is 2.71. The fourth-order valence-electron chi connectivity index (χ4n) is 1.78. The summed E-state index contributed by atoms with van der Waals surface area (Å²) in [6, 6.07) is 0.800. The minimum atomic E-state index is -0.934. The third kappa shape index (κ3) is 2.67. The highest BCUT2D eigenvalue weighted by Gasteiger charge is 2.47. The molecule has 0 N–H and O–H groups in total. The molecule has 0 aliphatic carbocycles. The summed E-state index contributed by atoms with van der Waals surface area (Å²) in [5.74, 6) is -3.10. The Kier molecular flexibility index (Phi) is 3.81. The smallest absolute Gasteiger partial charge is 0.360 e. The topological polar surface area (TPSA) is 92.4 Å². The molecule has 0 aromatic carbocycles. The van der Waals surface area contributed by atoms with Crippen LogP contribution in [0.1, 0.15) is 11.7 Å². The second-order valence-electron chi connectivity index (χ2n) is 4.16. The van der Waals surface area contributed by atoms with E-state index in [4.69, 9.17) is 0 Å². The van der Waals surface area contributed by atoms with Crippen molar-refractivity contribution in [2.45, 2.75) is 13.0 Å². The molecule has 2 rings (SSSR count). The van der Waals surface area contributed by atoms with E-state index in [2.05, 4.69) is 20.2 Å². The second kappa shape index (κ2) is 5.54. The predicted octanol–water partition coefficient (Wildman–Crippen LogP) is -1.08. The van der Waals surface area contributed by atoms with Gasteiger partial charge in [0.25, 0.3) is 6.33 Å². The number of ether oxygens (including phenoxy) is 2. The molecule has 1 aromatic heterocycles. The largest absolute Gasteiger partial charge is 0.611 e. The summed E-state index contributed by atoms with van der Waals surface area (Å²) in [6.07, 6.45) is 4.22. The number of aryl methyl sites for hydroxylation is 1. The van der Waals surface area contributed by atoms with Crippen LogP contribution in [0.5, 0.6) is 0 Å². The summed E-state index contributed by atoms with van der Waals surface area (Å²) < 4.78 is 10.4. The number of rotatable bonds is 3. The molecule has 0 bridgehead atoms. The first-order valence-corrected chi connectivity index (χ1v) is 5.79. The Hall–Kier alpha value is -2.66. The molecular weight excluding hydrogens is 264 g/mol. The molecular formula is C13H12N2O5. The molecule has 104 valence electrons. The molecule has 2 atom stereocenters. The van der Waals surface area contributed by atoms with E-state index >= 15 is 0 Å². The first kappa shape index (κ1) is 13.8. The number of cyclic esters (lactones) is 2. The highest BCUT2D eigenvalue weighted by molar-refractivity contribution is 5.97. The third-order valence-electron chi connectivity index (χ3n) is 2.82. The minimum Gasteiger partial charge on any atom is -0.611 e. The van der Waals surface area contributed by atoms with Crippen molar-refractivity contribution in [1.29, 1.82) is 0 Å². The second-order valence-corrected chi connectivity index (χ2v) is 4.16. The molecule has 0 amide bonds. The van der Waals surface area contributed by atoms with E-state index in [1.807, 2.05) is 0 Å². The van der Waals surface area contributed by atoms with Gasteiger partial charge in [-0.3, -0.25) is 4.79 Å². The molecule has 1 fully saturated rings. The van der Waals surface area contributed by atoms with Gasteiger partial charge in [-0.2, -0.15) is 0 Å². The molecule has 2 unspecified atom stereocenters. The molecule has 1 aliphatic rings. The van der Waals surface area contributed by atoms with E-state index in [1.165, 1.54) is 24.1 Å². The van der Waals surface area contributed by atoms with Crippen molar-refractivity contribution in [2.75, 3.05) is 7.11 Å². The number of nitrogens with zero attached hydrogens (tertiary/aromatic N) is 2. The molecule has 20 heavy (non-hydrogen) atoms. The van der Waals surface area contributed by atoms with Crippen molar-refractivity contribution in [3.05, 3.63) is 42.0 Å². The minimum absolute atomic E-state index is 0.696. The summed E-state index contributed by atoms with van der Waals surface area (Å²) in [6.45, 7) is 1.80. The summed E-state index contributed by atoms with van der Waals surface area (Å²) in [7, 11) is 1.19. The molecule has 2 heterocycles. The predicted molar refractivity (Wildman–Crippen MR) is 61.4 cm³/mol. The zero-order valence-corrected chi connectivity index (χ0v) is 10.9. The van der Waals surface area contributed by atoms with E-state index in [-0.39, 0.29) is 0 Å². The van der Waals surface area contributed by atoms with Crippen LogP contribution in [0.4, 0.5) is 0 Å². The third-order valence-corrected chi connectivity index (χ3v) is 2.82. The van der Waals surface area contributed by atoms with Crippen LogP contribution in [-0.2, 0) is 19.1 Å². The monoisotopic (exact) mass is 276 g/mol. The van der Waals surface area contributed by atoms with Crippen LogP contribution in [0.25, 0.3) is 0 Å². The van der Waals surface area contributed by atoms with E-state index in [1.54, 1.807) is 19.2 Å². The number of carbonyl (C=O) groups excluding carboxylic acids is 2. The van der Waals surface area contributed by atoms with E-state index in [0.29, 0.717) is 0 Å². The zero-order chi connectivity index (χ0) is 14.7. The fourth-order valence-corrected chi connectivity index (χ4v) is 1.78.